The average Bonchev–Trinajstić information content (AvgIpc) is 3.13. The Balaban J connectivity index is 1.90. The van der Waals surface area contributed by atoms with Gasteiger partial charge in [0.15, 0.2) is 17.8 Å². The van der Waals surface area contributed by atoms with Gasteiger partial charge in [0.1, 0.15) is 28.6 Å². The van der Waals surface area contributed by atoms with E-state index in [0.717, 1.165) is 18.6 Å². The second-order valence-electron chi connectivity index (χ2n) is 7.51. The standard InChI is InChI=1S/C23H24F2N6O2/c1-3-10-30(13-26)12-14(2)31-22(27)20(23(28)32)21(29-31)15-4-7-17(8-5-15)33-19-9-6-16(24)11-18(19)25/h4-9,11,14H,3,10,12,27H2,1-2H3,(H2,28,32)/t14-/m1/s1. The summed E-state index contributed by atoms with van der Waals surface area (Å²) in [5.41, 5.74) is 12.7. The number of carbonyl (C=O) groups is 1. The van der Waals surface area contributed by atoms with Gasteiger partial charge in [0.25, 0.3) is 5.91 Å². The highest BCUT2D eigenvalue weighted by molar-refractivity contribution is 6.03. The van der Waals surface area contributed by atoms with Crippen LogP contribution in [0.5, 0.6) is 11.5 Å². The van der Waals surface area contributed by atoms with Gasteiger partial charge in [0, 0.05) is 18.2 Å². The maximum Gasteiger partial charge on any atom is 0.254 e. The second kappa shape index (κ2) is 9.99. The van der Waals surface area contributed by atoms with Crippen molar-refractivity contribution in [1.29, 1.82) is 5.26 Å². The van der Waals surface area contributed by atoms with E-state index < -0.39 is 17.5 Å². The van der Waals surface area contributed by atoms with Crippen LogP contribution in [0.4, 0.5) is 14.6 Å². The van der Waals surface area contributed by atoms with Crippen molar-refractivity contribution in [2.75, 3.05) is 18.8 Å². The number of hydrogen-bond acceptors (Lipinski definition) is 6. The molecule has 1 heterocycles. The maximum absolute atomic E-state index is 13.8. The zero-order chi connectivity index (χ0) is 24.1. The minimum atomic E-state index is -0.829. The van der Waals surface area contributed by atoms with Gasteiger partial charge in [-0.3, -0.25) is 4.79 Å². The minimum Gasteiger partial charge on any atom is -0.454 e. The van der Waals surface area contributed by atoms with Gasteiger partial charge in [-0.2, -0.15) is 10.4 Å². The van der Waals surface area contributed by atoms with Crippen molar-refractivity contribution < 1.29 is 18.3 Å². The number of hydrogen-bond donors (Lipinski definition) is 2. The molecule has 0 fully saturated rings. The topological polar surface area (TPSA) is 123 Å². The number of carbonyl (C=O) groups excluding carboxylic acids is 1. The molecule has 1 amide bonds. The lowest BCUT2D eigenvalue weighted by molar-refractivity contribution is 0.100. The van der Waals surface area contributed by atoms with Gasteiger partial charge < -0.3 is 21.1 Å². The van der Waals surface area contributed by atoms with E-state index in [2.05, 4.69) is 11.3 Å². The van der Waals surface area contributed by atoms with E-state index >= 15 is 0 Å². The Morgan fingerprint density at radius 1 is 1.27 bits per heavy atom. The average molecular weight is 454 g/mol. The van der Waals surface area contributed by atoms with Crippen LogP contribution in [-0.4, -0.2) is 33.7 Å². The summed E-state index contributed by atoms with van der Waals surface area (Å²) >= 11 is 0. The first kappa shape index (κ1) is 23.5. The summed E-state index contributed by atoms with van der Waals surface area (Å²) in [4.78, 5) is 13.7. The number of nitrogens with two attached hydrogens (primary N) is 2. The van der Waals surface area contributed by atoms with E-state index in [-0.39, 0.29) is 28.9 Å². The van der Waals surface area contributed by atoms with Gasteiger partial charge in [0.05, 0.1) is 12.6 Å². The summed E-state index contributed by atoms with van der Waals surface area (Å²) in [7, 11) is 0. The summed E-state index contributed by atoms with van der Waals surface area (Å²) in [6.45, 7) is 4.77. The Morgan fingerprint density at radius 2 is 1.97 bits per heavy atom. The molecule has 0 spiro atoms. The molecule has 8 nitrogen and oxygen atoms in total. The van der Waals surface area contributed by atoms with Gasteiger partial charge in [-0.15, -0.1) is 0 Å². The molecular formula is C23H24F2N6O2. The zero-order valence-corrected chi connectivity index (χ0v) is 18.3. The van der Waals surface area contributed by atoms with Crippen molar-refractivity contribution in [1.82, 2.24) is 14.7 Å². The molecule has 1 aromatic heterocycles. The Bertz CT molecular complexity index is 1190. The Hall–Kier alpha value is -4.13. The first-order valence-corrected chi connectivity index (χ1v) is 10.3. The predicted octanol–water partition coefficient (Wildman–Crippen LogP) is 4.06. The van der Waals surface area contributed by atoms with Gasteiger partial charge in [-0.25, -0.2) is 13.5 Å². The molecule has 172 valence electrons. The highest BCUT2D eigenvalue weighted by Crippen LogP contribution is 2.32. The predicted molar refractivity (Wildman–Crippen MR) is 119 cm³/mol. The quantitative estimate of drug-likeness (QED) is 0.371. The number of aromatic nitrogens is 2. The summed E-state index contributed by atoms with van der Waals surface area (Å²) < 4.78 is 33.9. The molecule has 10 heteroatoms. The van der Waals surface area contributed by atoms with Crippen molar-refractivity contribution in [2.24, 2.45) is 5.73 Å². The molecular weight excluding hydrogens is 430 g/mol. The number of nitrogens with zero attached hydrogens (tertiary/aromatic N) is 4. The van der Waals surface area contributed by atoms with Crippen molar-refractivity contribution in [3.05, 3.63) is 59.7 Å². The molecule has 0 aliphatic heterocycles. The highest BCUT2D eigenvalue weighted by atomic mass is 19.1. The summed E-state index contributed by atoms with van der Waals surface area (Å²) in [5.74, 6) is -1.99. The van der Waals surface area contributed by atoms with Crippen molar-refractivity contribution >= 4 is 11.7 Å². The van der Waals surface area contributed by atoms with Crippen LogP contribution >= 0.6 is 0 Å². The number of nitrogen functional groups attached to an aromatic ring is 1. The molecule has 1 atom stereocenters. The molecule has 2 aromatic carbocycles. The van der Waals surface area contributed by atoms with Crippen LogP contribution < -0.4 is 16.2 Å². The van der Waals surface area contributed by atoms with E-state index in [0.29, 0.717) is 24.4 Å². The number of primary amides is 1. The van der Waals surface area contributed by atoms with E-state index in [9.17, 15) is 18.8 Å². The van der Waals surface area contributed by atoms with Gasteiger partial charge in [-0.05, 0) is 49.7 Å². The number of halogens is 2. The maximum atomic E-state index is 13.8. The Labute approximate surface area is 190 Å². The number of anilines is 1. The Kier molecular flexibility index (Phi) is 7.13. The minimum absolute atomic E-state index is 0.0686. The van der Waals surface area contributed by atoms with Crippen LogP contribution in [0, 0.1) is 23.1 Å². The second-order valence-corrected chi connectivity index (χ2v) is 7.51. The van der Waals surface area contributed by atoms with Gasteiger partial charge in [0.2, 0.25) is 0 Å². The van der Waals surface area contributed by atoms with Crippen LogP contribution in [0.1, 0.15) is 36.7 Å². The Morgan fingerprint density at radius 3 is 2.55 bits per heavy atom. The first-order chi connectivity index (χ1) is 15.7. The van der Waals surface area contributed by atoms with Crippen LogP contribution in [0.2, 0.25) is 0 Å². The van der Waals surface area contributed by atoms with E-state index in [1.807, 2.05) is 13.8 Å². The number of benzene rings is 2. The number of nitriles is 1. The summed E-state index contributed by atoms with van der Waals surface area (Å²) in [6, 6.07) is 9.07. The fourth-order valence-electron chi connectivity index (χ4n) is 3.44. The highest BCUT2D eigenvalue weighted by Gasteiger charge is 2.24. The third kappa shape index (κ3) is 5.20. The molecule has 33 heavy (non-hydrogen) atoms. The van der Waals surface area contributed by atoms with Crippen molar-refractivity contribution in [3.63, 3.8) is 0 Å². The van der Waals surface area contributed by atoms with Crippen LogP contribution in [-0.2, 0) is 0 Å². The van der Waals surface area contributed by atoms with Crippen LogP contribution in [0.25, 0.3) is 11.3 Å². The molecule has 0 bridgehead atoms. The SMILES string of the molecule is CCCN(C#N)C[C@@H](C)n1nc(-c2ccc(Oc3ccc(F)cc3F)cc2)c(C(N)=O)c1N. The van der Waals surface area contributed by atoms with Gasteiger partial charge in [-0.1, -0.05) is 6.92 Å². The number of rotatable bonds is 9. The molecule has 3 aromatic rings. The monoisotopic (exact) mass is 454 g/mol. The van der Waals surface area contributed by atoms with E-state index in [1.165, 1.54) is 10.7 Å². The molecule has 0 radical (unpaired) electrons. The summed E-state index contributed by atoms with van der Waals surface area (Å²) in [5, 5.41) is 13.8. The molecule has 0 unspecified atom stereocenters. The van der Waals surface area contributed by atoms with Crippen LogP contribution in [0.15, 0.2) is 42.5 Å². The molecule has 3 rings (SSSR count). The third-order valence-corrected chi connectivity index (χ3v) is 4.98. The lowest BCUT2D eigenvalue weighted by atomic mass is 10.1. The molecule has 0 aliphatic rings. The number of amides is 1. The third-order valence-electron chi connectivity index (χ3n) is 4.98. The van der Waals surface area contributed by atoms with Crippen LogP contribution in [0.3, 0.4) is 0 Å². The lowest BCUT2D eigenvalue weighted by Gasteiger charge is -2.20. The first-order valence-electron chi connectivity index (χ1n) is 10.3. The largest absolute Gasteiger partial charge is 0.454 e. The van der Waals surface area contributed by atoms with E-state index in [1.54, 1.807) is 29.2 Å². The fourth-order valence-corrected chi connectivity index (χ4v) is 3.44. The van der Waals surface area contributed by atoms with E-state index in [4.69, 9.17) is 16.2 Å². The van der Waals surface area contributed by atoms with Crippen molar-refractivity contribution in [3.8, 4) is 28.9 Å². The smallest absolute Gasteiger partial charge is 0.254 e. The fraction of sp³-hybridized carbons (Fsp3) is 0.261. The molecule has 4 N–H and O–H groups in total. The molecule has 0 saturated heterocycles. The van der Waals surface area contributed by atoms with Crippen molar-refractivity contribution in [2.45, 2.75) is 26.3 Å². The molecule has 0 aliphatic carbocycles. The zero-order valence-electron chi connectivity index (χ0n) is 18.3. The summed E-state index contributed by atoms with van der Waals surface area (Å²) in [6.07, 6.45) is 2.94. The van der Waals surface area contributed by atoms with Gasteiger partial charge >= 0.3 is 0 Å². The normalized spacial score (nSPS) is 11.6. The molecule has 0 saturated carbocycles. The lowest BCUT2D eigenvalue weighted by Crippen LogP contribution is -2.27. The number of ether oxygens (including phenoxy) is 1.